The van der Waals surface area contributed by atoms with Crippen molar-refractivity contribution in [2.45, 2.75) is 128 Å². The van der Waals surface area contributed by atoms with Crippen molar-refractivity contribution in [2.75, 3.05) is 19.7 Å². The van der Waals surface area contributed by atoms with Crippen LogP contribution in [0.4, 0.5) is 0 Å². The zero-order valence-corrected chi connectivity index (χ0v) is 21.6. The van der Waals surface area contributed by atoms with E-state index in [1.165, 1.54) is 83.5 Å². The van der Waals surface area contributed by atoms with E-state index in [0.29, 0.717) is 6.54 Å². The maximum absolute atomic E-state index is 11.9. The van der Waals surface area contributed by atoms with Gasteiger partial charge in [-0.2, -0.15) is 0 Å². The number of aliphatic hydroxyl groups excluding tert-OH is 3. The summed E-state index contributed by atoms with van der Waals surface area (Å²) in [6.45, 7) is 1.84. The average molecular weight is 504 g/mol. The number of nitrogens with one attached hydrogen (secondary N) is 1. The quantitative estimate of drug-likeness (QED) is 0.0759. The first kappa shape index (κ1) is 33.4. The Hall–Kier alpha value is -1.55. The molecule has 0 heterocycles. The van der Waals surface area contributed by atoms with E-state index in [4.69, 9.17) is 5.11 Å². The minimum absolute atomic E-state index is 0.168. The summed E-state index contributed by atoms with van der Waals surface area (Å²) in [6, 6.07) is 0. The zero-order chi connectivity index (χ0) is 26.3. The van der Waals surface area contributed by atoms with E-state index < -0.39 is 42.6 Å². The van der Waals surface area contributed by atoms with E-state index in [2.05, 4.69) is 17.0 Å². The molecule has 0 aliphatic heterocycles. The number of carbonyl (C=O) groups is 3. The third kappa shape index (κ3) is 19.3. The Morgan fingerprint density at radius 3 is 1.57 bits per heavy atom. The van der Waals surface area contributed by atoms with Gasteiger partial charge in [-0.25, -0.2) is 9.59 Å². The average Bonchev–Trinajstić information content (AvgIpc) is 2.85. The van der Waals surface area contributed by atoms with Gasteiger partial charge in [-0.15, -0.1) is 0 Å². The van der Waals surface area contributed by atoms with Crippen LogP contribution in [-0.2, 0) is 19.1 Å². The molecule has 0 saturated heterocycles. The minimum Gasteiger partial charge on any atom is -0.473 e. The molecular formula is C26H49NO8. The molecule has 0 aliphatic rings. The van der Waals surface area contributed by atoms with Crippen LogP contribution in [0.25, 0.3) is 0 Å². The van der Waals surface area contributed by atoms with Crippen LogP contribution in [0.5, 0.6) is 0 Å². The van der Waals surface area contributed by atoms with Gasteiger partial charge in [0.1, 0.15) is 24.9 Å². The van der Waals surface area contributed by atoms with E-state index in [1.807, 2.05) is 0 Å². The van der Waals surface area contributed by atoms with Crippen molar-refractivity contribution in [2.24, 2.45) is 0 Å². The van der Waals surface area contributed by atoms with Gasteiger partial charge in [0.15, 0.2) is 5.78 Å². The van der Waals surface area contributed by atoms with Gasteiger partial charge in [-0.3, -0.25) is 4.79 Å². The number of Topliss-reactive ketones (excluding diaryl/α,β-unsaturated/α-hetero) is 1. The van der Waals surface area contributed by atoms with Crippen LogP contribution in [0, 0.1) is 0 Å². The van der Waals surface area contributed by atoms with Gasteiger partial charge in [0.25, 0.3) is 0 Å². The number of aliphatic hydroxyl groups is 3. The van der Waals surface area contributed by atoms with Crippen molar-refractivity contribution in [1.82, 2.24) is 5.32 Å². The molecule has 9 nitrogen and oxygen atoms in total. The molecule has 0 rings (SSSR count). The molecule has 5 N–H and O–H groups in total. The summed E-state index contributed by atoms with van der Waals surface area (Å²) in [6.07, 6.45) is 15.0. The second kappa shape index (κ2) is 22.9. The van der Waals surface area contributed by atoms with Crippen LogP contribution >= 0.6 is 0 Å². The summed E-state index contributed by atoms with van der Waals surface area (Å²) in [5.41, 5.74) is 0. The van der Waals surface area contributed by atoms with Crippen LogP contribution in [0.2, 0.25) is 0 Å². The summed E-state index contributed by atoms with van der Waals surface area (Å²) in [4.78, 5) is 33.1. The number of rotatable bonds is 24. The molecule has 9 heteroatoms. The lowest BCUT2D eigenvalue weighted by Crippen LogP contribution is -2.47. The SMILES string of the molecule is CCCCCCCCCCCCCCCCCCNCC(=O)[C@@H](O)[C@H](O)[C@H](O)COC(=O)C(=O)O. The number of aliphatic carboxylic acids is 1. The highest BCUT2D eigenvalue weighted by molar-refractivity contribution is 6.28. The summed E-state index contributed by atoms with van der Waals surface area (Å²) in [5.74, 6) is -4.16. The van der Waals surface area contributed by atoms with Crippen molar-refractivity contribution >= 4 is 17.7 Å². The van der Waals surface area contributed by atoms with Crippen LogP contribution in [0.1, 0.15) is 110 Å². The van der Waals surface area contributed by atoms with Crippen LogP contribution in [0.15, 0.2) is 0 Å². The molecule has 35 heavy (non-hydrogen) atoms. The molecule has 0 aliphatic carbocycles. The Labute approximate surface area is 210 Å². The van der Waals surface area contributed by atoms with Crippen molar-refractivity contribution < 1.29 is 39.5 Å². The van der Waals surface area contributed by atoms with Crippen molar-refractivity contribution in [3.63, 3.8) is 0 Å². The molecule has 206 valence electrons. The fourth-order valence-corrected chi connectivity index (χ4v) is 3.84. The number of hydrogen-bond donors (Lipinski definition) is 5. The standard InChI is InChI=1S/C26H49NO8/c1-2-3-4-5-6-7-8-9-10-11-12-13-14-15-16-17-18-27-19-21(28)23(30)24(31)22(29)20-35-26(34)25(32)33/h22-24,27,29-31H,2-20H2,1H3,(H,32,33)/t22-,23-,24-/m1/s1. The number of esters is 1. The first-order valence-electron chi connectivity index (χ1n) is 13.5. The molecule has 0 bridgehead atoms. The summed E-state index contributed by atoms with van der Waals surface area (Å²) < 4.78 is 4.23. The van der Waals surface area contributed by atoms with Gasteiger partial charge in [-0.05, 0) is 13.0 Å². The number of ether oxygens (including phenoxy) is 1. The monoisotopic (exact) mass is 503 g/mol. The second-order valence-electron chi connectivity index (χ2n) is 9.35. The van der Waals surface area contributed by atoms with Crippen LogP contribution in [-0.4, -0.2) is 76.2 Å². The van der Waals surface area contributed by atoms with E-state index in [9.17, 15) is 29.7 Å². The molecule has 3 atom stereocenters. The minimum atomic E-state index is -1.89. The summed E-state index contributed by atoms with van der Waals surface area (Å²) in [7, 11) is 0. The van der Waals surface area contributed by atoms with E-state index in [0.717, 1.165) is 19.3 Å². The van der Waals surface area contributed by atoms with Crippen LogP contribution in [0.3, 0.4) is 0 Å². The highest BCUT2D eigenvalue weighted by atomic mass is 16.6. The summed E-state index contributed by atoms with van der Waals surface area (Å²) >= 11 is 0. The third-order valence-electron chi connectivity index (χ3n) is 6.11. The third-order valence-corrected chi connectivity index (χ3v) is 6.11. The van der Waals surface area contributed by atoms with Gasteiger partial charge >= 0.3 is 11.9 Å². The highest BCUT2D eigenvalue weighted by Crippen LogP contribution is 2.13. The number of carbonyl (C=O) groups excluding carboxylic acids is 2. The first-order valence-corrected chi connectivity index (χ1v) is 13.5. The van der Waals surface area contributed by atoms with Crippen molar-refractivity contribution in [3.8, 4) is 0 Å². The van der Waals surface area contributed by atoms with Crippen molar-refractivity contribution in [1.29, 1.82) is 0 Å². The predicted octanol–water partition coefficient (Wildman–Crippen LogP) is 3.12. The first-order chi connectivity index (χ1) is 16.8. The van der Waals surface area contributed by atoms with Gasteiger partial charge < -0.3 is 30.5 Å². The van der Waals surface area contributed by atoms with Gasteiger partial charge in [0, 0.05) is 0 Å². The lowest BCUT2D eigenvalue weighted by atomic mass is 10.0. The topological polar surface area (TPSA) is 153 Å². The lowest BCUT2D eigenvalue weighted by Gasteiger charge is -2.21. The maximum atomic E-state index is 11.9. The fourth-order valence-electron chi connectivity index (χ4n) is 3.84. The zero-order valence-electron chi connectivity index (χ0n) is 21.6. The molecule has 0 radical (unpaired) electrons. The van der Waals surface area contributed by atoms with Gasteiger partial charge in [-0.1, -0.05) is 103 Å². The molecule has 0 spiro atoms. The van der Waals surface area contributed by atoms with E-state index in [-0.39, 0.29) is 6.54 Å². The number of carboxylic acids is 1. The number of hydrogen-bond acceptors (Lipinski definition) is 8. The Morgan fingerprint density at radius 1 is 0.714 bits per heavy atom. The normalized spacial score (nSPS) is 13.8. The maximum Gasteiger partial charge on any atom is 0.417 e. The predicted molar refractivity (Wildman–Crippen MR) is 134 cm³/mol. The number of ketones is 1. The molecule has 0 aromatic rings. The molecule has 0 fully saturated rings. The van der Waals surface area contributed by atoms with E-state index >= 15 is 0 Å². The van der Waals surface area contributed by atoms with Gasteiger partial charge in [0.05, 0.1) is 6.54 Å². The molecule has 0 aromatic heterocycles. The fraction of sp³-hybridized carbons (Fsp3) is 0.885. The Bertz CT molecular complexity index is 557. The Morgan fingerprint density at radius 2 is 1.14 bits per heavy atom. The molecule has 0 unspecified atom stereocenters. The molecule has 0 amide bonds. The Kier molecular flexibility index (Phi) is 21.9. The van der Waals surface area contributed by atoms with Crippen molar-refractivity contribution in [3.05, 3.63) is 0 Å². The molecular weight excluding hydrogens is 454 g/mol. The van der Waals surface area contributed by atoms with Gasteiger partial charge in [0.2, 0.25) is 0 Å². The number of carboxylic acid groups (broad SMARTS) is 1. The molecule has 0 aromatic carbocycles. The van der Waals surface area contributed by atoms with E-state index in [1.54, 1.807) is 0 Å². The second-order valence-corrected chi connectivity index (χ2v) is 9.35. The van der Waals surface area contributed by atoms with Crippen LogP contribution < -0.4 is 5.32 Å². The lowest BCUT2D eigenvalue weighted by molar-refractivity contribution is -0.168. The number of unbranched alkanes of at least 4 members (excludes halogenated alkanes) is 15. The largest absolute Gasteiger partial charge is 0.473 e. The summed E-state index contributed by atoms with van der Waals surface area (Å²) in [5, 5.41) is 40.5. The Balaban J connectivity index is 3.54. The smallest absolute Gasteiger partial charge is 0.417 e. The highest BCUT2D eigenvalue weighted by Gasteiger charge is 2.31. The molecule has 0 saturated carbocycles.